The number of likely N-dealkylation sites (N-methyl/N-ethyl adjacent to an activating group) is 1. The number of halogens is 1. The van der Waals surface area contributed by atoms with Gasteiger partial charge in [0, 0.05) is 36.3 Å². The van der Waals surface area contributed by atoms with Gasteiger partial charge in [-0.15, -0.1) is 0 Å². The minimum atomic E-state index is 0.622. The summed E-state index contributed by atoms with van der Waals surface area (Å²) in [4.78, 5) is 5.05. The first-order valence-corrected chi connectivity index (χ1v) is 10.6. The number of rotatable bonds is 4. The molecule has 1 saturated heterocycles. The van der Waals surface area contributed by atoms with Gasteiger partial charge in [0.05, 0.1) is 0 Å². The Hall–Kier alpha value is -0.540. The molecule has 0 N–H and O–H groups in total. The first kappa shape index (κ1) is 18.3. The number of nitrogens with zero attached hydrogens (tertiary/aromatic N) is 2. The lowest BCUT2D eigenvalue weighted by atomic mass is 9.66. The number of hydrogen-bond acceptors (Lipinski definition) is 2. The summed E-state index contributed by atoms with van der Waals surface area (Å²) in [6.07, 6.45) is 8.22. The summed E-state index contributed by atoms with van der Waals surface area (Å²) in [6.45, 7) is 9.44. The van der Waals surface area contributed by atoms with Gasteiger partial charge < -0.3 is 9.80 Å². The highest BCUT2D eigenvalue weighted by atomic mass is 79.9. The minimum absolute atomic E-state index is 0.622. The van der Waals surface area contributed by atoms with Crippen LogP contribution >= 0.6 is 15.9 Å². The van der Waals surface area contributed by atoms with Gasteiger partial charge in [-0.1, -0.05) is 42.6 Å². The molecule has 3 heteroatoms. The van der Waals surface area contributed by atoms with Gasteiger partial charge >= 0.3 is 0 Å². The van der Waals surface area contributed by atoms with Crippen LogP contribution < -0.4 is 4.90 Å². The average Bonchev–Trinajstić information content (AvgIpc) is 2.63. The molecule has 0 bridgehead atoms. The number of piperazine rings is 1. The number of hydrogen-bond donors (Lipinski definition) is 0. The molecule has 1 aliphatic heterocycles. The van der Waals surface area contributed by atoms with Crippen LogP contribution in [0.15, 0.2) is 22.7 Å². The zero-order valence-electron chi connectivity index (χ0n) is 15.7. The van der Waals surface area contributed by atoms with Crippen LogP contribution in [0.2, 0.25) is 0 Å². The predicted octanol–water partition coefficient (Wildman–Crippen LogP) is 5.66. The van der Waals surface area contributed by atoms with Crippen LogP contribution in [0.1, 0.15) is 63.9 Å². The maximum absolute atomic E-state index is 3.72. The minimum Gasteiger partial charge on any atom is -0.369 e. The van der Waals surface area contributed by atoms with Gasteiger partial charge in [0.25, 0.3) is 0 Å². The predicted molar refractivity (Wildman–Crippen MR) is 108 cm³/mol. The Kier molecular flexibility index (Phi) is 5.92. The molecule has 1 heterocycles. The van der Waals surface area contributed by atoms with Gasteiger partial charge in [-0.2, -0.15) is 0 Å². The smallest absolute Gasteiger partial charge is 0.0403 e. The molecule has 0 unspecified atom stereocenters. The molecule has 2 fully saturated rings. The highest BCUT2D eigenvalue weighted by molar-refractivity contribution is 9.10. The lowest BCUT2D eigenvalue weighted by Crippen LogP contribution is -2.45. The van der Waals surface area contributed by atoms with E-state index in [0.717, 1.165) is 19.0 Å². The Bertz CT molecular complexity index is 535. The van der Waals surface area contributed by atoms with Gasteiger partial charge in [-0.05, 0) is 67.8 Å². The molecule has 1 aromatic carbocycles. The molecule has 0 radical (unpaired) electrons. The van der Waals surface area contributed by atoms with Crippen LogP contribution in [0.5, 0.6) is 0 Å². The molecule has 3 rings (SSSR count). The van der Waals surface area contributed by atoms with E-state index in [1.807, 2.05) is 0 Å². The van der Waals surface area contributed by atoms with Gasteiger partial charge in [0.1, 0.15) is 0 Å². The Morgan fingerprint density at radius 1 is 1.04 bits per heavy atom. The fraction of sp³-hybridized carbons (Fsp3) is 0.714. The van der Waals surface area contributed by atoms with Crippen molar-refractivity contribution in [3.63, 3.8) is 0 Å². The maximum atomic E-state index is 3.72. The van der Waals surface area contributed by atoms with Crippen molar-refractivity contribution in [2.24, 2.45) is 5.41 Å². The lowest BCUT2D eigenvalue weighted by Gasteiger charge is -2.41. The van der Waals surface area contributed by atoms with E-state index in [0.29, 0.717) is 5.41 Å². The normalized spacial score (nSPS) is 22.8. The number of benzene rings is 1. The van der Waals surface area contributed by atoms with Gasteiger partial charge in [-0.3, -0.25) is 0 Å². The summed E-state index contributed by atoms with van der Waals surface area (Å²) >= 11 is 3.72. The van der Waals surface area contributed by atoms with Crippen LogP contribution in [0.3, 0.4) is 0 Å². The summed E-state index contributed by atoms with van der Waals surface area (Å²) in [6, 6.07) is 6.98. The summed E-state index contributed by atoms with van der Waals surface area (Å²) in [7, 11) is 2.23. The van der Waals surface area contributed by atoms with E-state index in [-0.39, 0.29) is 0 Å². The van der Waals surface area contributed by atoms with Crippen molar-refractivity contribution in [2.45, 2.75) is 58.3 Å². The van der Waals surface area contributed by atoms with E-state index in [1.165, 1.54) is 61.8 Å². The molecule has 1 aliphatic carbocycles. The van der Waals surface area contributed by atoms with Crippen molar-refractivity contribution in [1.82, 2.24) is 4.90 Å². The summed E-state index contributed by atoms with van der Waals surface area (Å²) in [5, 5.41) is 0. The molecule has 1 saturated carbocycles. The maximum Gasteiger partial charge on any atom is 0.0403 e. The summed E-state index contributed by atoms with van der Waals surface area (Å²) < 4.78 is 1.23. The Balaban J connectivity index is 1.79. The summed E-state index contributed by atoms with van der Waals surface area (Å²) in [5.74, 6) is 0.739. The van der Waals surface area contributed by atoms with Gasteiger partial charge in [0.2, 0.25) is 0 Å². The molecule has 24 heavy (non-hydrogen) atoms. The standard InChI is InChI=1S/C21H33BrN2/c1-4-21(5-2)10-8-17(9-11-21)19-16-18(22)6-7-20(19)24-14-12-23(3)13-15-24/h6-7,16-17H,4-5,8-15H2,1-3H3. The first-order valence-electron chi connectivity index (χ1n) is 9.80. The Morgan fingerprint density at radius 2 is 1.67 bits per heavy atom. The highest BCUT2D eigenvalue weighted by Crippen LogP contribution is 2.48. The van der Waals surface area contributed by atoms with Crippen molar-refractivity contribution < 1.29 is 0 Å². The zero-order chi connectivity index (χ0) is 17.2. The fourth-order valence-electron chi connectivity index (χ4n) is 4.69. The molecule has 134 valence electrons. The number of anilines is 1. The Labute approximate surface area is 156 Å². The molecular formula is C21H33BrN2. The van der Waals surface area contributed by atoms with E-state index in [1.54, 1.807) is 5.56 Å². The van der Waals surface area contributed by atoms with Crippen LogP contribution in [-0.4, -0.2) is 38.1 Å². The van der Waals surface area contributed by atoms with E-state index in [9.17, 15) is 0 Å². The quantitative estimate of drug-likeness (QED) is 0.651. The molecule has 0 aromatic heterocycles. The third-order valence-electron chi connectivity index (χ3n) is 6.82. The molecule has 0 spiro atoms. The molecule has 1 aromatic rings. The van der Waals surface area contributed by atoms with Crippen LogP contribution in [0, 0.1) is 5.41 Å². The first-order chi connectivity index (χ1) is 11.6. The molecule has 0 atom stereocenters. The van der Waals surface area contributed by atoms with E-state index in [2.05, 4.69) is 64.8 Å². The fourth-order valence-corrected chi connectivity index (χ4v) is 5.06. The molecule has 2 aliphatic rings. The molecule has 2 nitrogen and oxygen atoms in total. The monoisotopic (exact) mass is 392 g/mol. The Morgan fingerprint density at radius 3 is 2.25 bits per heavy atom. The second-order valence-electron chi connectivity index (χ2n) is 7.97. The van der Waals surface area contributed by atoms with Crippen molar-refractivity contribution in [2.75, 3.05) is 38.1 Å². The molecular weight excluding hydrogens is 360 g/mol. The van der Waals surface area contributed by atoms with E-state index in [4.69, 9.17) is 0 Å². The van der Waals surface area contributed by atoms with Crippen LogP contribution in [0.25, 0.3) is 0 Å². The third-order valence-corrected chi connectivity index (χ3v) is 7.31. The molecule has 0 amide bonds. The van der Waals surface area contributed by atoms with Crippen LogP contribution in [0.4, 0.5) is 5.69 Å². The highest BCUT2D eigenvalue weighted by Gasteiger charge is 2.34. The van der Waals surface area contributed by atoms with Crippen LogP contribution in [-0.2, 0) is 0 Å². The van der Waals surface area contributed by atoms with Gasteiger partial charge in [0.15, 0.2) is 0 Å². The third kappa shape index (κ3) is 3.83. The van der Waals surface area contributed by atoms with Crippen molar-refractivity contribution in [1.29, 1.82) is 0 Å². The van der Waals surface area contributed by atoms with E-state index < -0.39 is 0 Å². The van der Waals surface area contributed by atoms with Crippen molar-refractivity contribution >= 4 is 21.6 Å². The second-order valence-corrected chi connectivity index (χ2v) is 8.89. The van der Waals surface area contributed by atoms with Crippen molar-refractivity contribution in [3.05, 3.63) is 28.2 Å². The zero-order valence-corrected chi connectivity index (χ0v) is 17.2. The largest absolute Gasteiger partial charge is 0.369 e. The lowest BCUT2D eigenvalue weighted by molar-refractivity contribution is 0.159. The average molecular weight is 393 g/mol. The van der Waals surface area contributed by atoms with Crippen molar-refractivity contribution in [3.8, 4) is 0 Å². The summed E-state index contributed by atoms with van der Waals surface area (Å²) in [5.41, 5.74) is 3.71. The van der Waals surface area contributed by atoms with Gasteiger partial charge in [-0.25, -0.2) is 0 Å². The SMILES string of the molecule is CCC1(CC)CCC(c2cc(Br)ccc2N2CCN(C)CC2)CC1. The van der Waals surface area contributed by atoms with E-state index >= 15 is 0 Å². The topological polar surface area (TPSA) is 6.48 Å². The second kappa shape index (κ2) is 7.78.